The van der Waals surface area contributed by atoms with Crippen molar-refractivity contribution in [3.05, 3.63) is 59.2 Å². The van der Waals surface area contributed by atoms with Gasteiger partial charge in [-0.1, -0.05) is 35.9 Å². The molecule has 0 aliphatic carbocycles. The maximum Gasteiger partial charge on any atom is 0.251 e. The molecular weight excluding hydrogens is 420 g/mol. The van der Waals surface area contributed by atoms with Gasteiger partial charge in [0.1, 0.15) is 17.6 Å². The molecule has 2 N–H and O–H groups in total. The Hall–Kier alpha value is -3.36. The first-order valence-corrected chi connectivity index (χ1v) is 9.99. The average Bonchev–Trinajstić information content (AvgIpc) is 3.23. The molecule has 2 amide bonds. The number of para-hydroxylation sites is 2. The minimum Gasteiger partial charge on any atom is -0.495 e. The first kappa shape index (κ1) is 20.9. The summed E-state index contributed by atoms with van der Waals surface area (Å²) >= 11 is 6.16. The van der Waals surface area contributed by atoms with Gasteiger partial charge in [-0.15, -0.1) is 0 Å². The van der Waals surface area contributed by atoms with Gasteiger partial charge in [0.05, 0.1) is 31.5 Å². The zero-order valence-corrected chi connectivity index (χ0v) is 17.8. The van der Waals surface area contributed by atoms with Gasteiger partial charge in [0.2, 0.25) is 5.91 Å². The van der Waals surface area contributed by atoms with Crippen LogP contribution < -0.4 is 15.4 Å². The summed E-state index contributed by atoms with van der Waals surface area (Å²) in [4.78, 5) is 25.4. The van der Waals surface area contributed by atoms with Gasteiger partial charge in [0.25, 0.3) is 5.91 Å². The number of nitrogens with zero attached hydrogens (tertiary/aromatic N) is 2. The number of rotatable bonds is 7. The summed E-state index contributed by atoms with van der Waals surface area (Å²) in [7, 11) is 3.10. The van der Waals surface area contributed by atoms with E-state index in [1.54, 1.807) is 42.1 Å². The number of carbonyl (C=O) groups is 2. The Balaban J connectivity index is 1.63. The van der Waals surface area contributed by atoms with E-state index in [1.807, 2.05) is 18.2 Å². The number of amides is 2. The van der Waals surface area contributed by atoms with E-state index in [4.69, 9.17) is 21.1 Å². The molecular formula is C22H21ClN4O4. The summed E-state index contributed by atoms with van der Waals surface area (Å²) < 4.78 is 12.1. The van der Waals surface area contributed by atoms with Crippen LogP contribution >= 0.6 is 11.6 Å². The van der Waals surface area contributed by atoms with Crippen molar-refractivity contribution < 1.29 is 19.1 Å². The topological polar surface area (TPSA) is 94.5 Å². The molecule has 0 saturated heterocycles. The molecule has 1 aliphatic heterocycles. The van der Waals surface area contributed by atoms with Gasteiger partial charge in [-0.3, -0.25) is 9.59 Å². The van der Waals surface area contributed by atoms with E-state index in [1.165, 1.54) is 7.11 Å². The van der Waals surface area contributed by atoms with Gasteiger partial charge < -0.3 is 20.1 Å². The van der Waals surface area contributed by atoms with Gasteiger partial charge in [0, 0.05) is 17.7 Å². The van der Waals surface area contributed by atoms with Gasteiger partial charge in [0.15, 0.2) is 0 Å². The van der Waals surface area contributed by atoms with E-state index in [0.29, 0.717) is 28.0 Å². The molecule has 0 fully saturated rings. The highest BCUT2D eigenvalue weighted by Crippen LogP contribution is 2.39. The van der Waals surface area contributed by atoms with Crippen LogP contribution in [0.4, 0.5) is 11.5 Å². The SMILES string of the molecule is COCc1nn2c(c1-c1cccc(Cl)c1)NC(=O)C2CC(=O)Nc1ccccc1OC. The third-order valence-corrected chi connectivity index (χ3v) is 5.21. The van der Waals surface area contributed by atoms with E-state index in [0.717, 1.165) is 11.1 Å². The fourth-order valence-electron chi connectivity index (χ4n) is 3.63. The lowest BCUT2D eigenvalue weighted by molar-refractivity contribution is -0.123. The maximum absolute atomic E-state index is 12.7. The Bertz CT molecular complexity index is 1140. The highest BCUT2D eigenvalue weighted by molar-refractivity contribution is 6.30. The van der Waals surface area contributed by atoms with Crippen LogP contribution in [0.5, 0.6) is 5.75 Å². The van der Waals surface area contributed by atoms with Crippen LogP contribution in [0.2, 0.25) is 5.02 Å². The number of halogens is 1. The normalized spacial score (nSPS) is 14.8. The van der Waals surface area contributed by atoms with Crippen molar-refractivity contribution in [3.8, 4) is 16.9 Å². The number of nitrogens with one attached hydrogen (secondary N) is 2. The second-order valence-corrected chi connectivity index (χ2v) is 7.45. The third kappa shape index (κ3) is 4.12. The van der Waals surface area contributed by atoms with Crippen molar-refractivity contribution in [2.75, 3.05) is 24.9 Å². The van der Waals surface area contributed by atoms with Crippen LogP contribution in [-0.4, -0.2) is 35.8 Å². The van der Waals surface area contributed by atoms with Crippen molar-refractivity contribution in [1.82, 2.24) is 9.78 Å². The molecule has 0 bridgehead atoms. The molecule has 160 valence electrons. The molecule has 2 aromatic carbocycles. The summed E-state index contributed by atoms with van der Waals surface area (Å²) in [5.74, 6) is 0.432. The fraction of sp³-hybridized carbons (Fsp3) is 0.227. The highest BCUT2D eigenvalue weighted by atomic mass is 35.5. The zero-order valence-electron chi connectivity index (χ0n) is 17.0. The second kappa shape index (κ2) is 8.79. The van der Waals surface area contributed by atoms with Crippen LogP contribution in [0.3, 0.4) is 0 Å². The monoisotopic (exact) mass is 440 g/mol. The molecule has 8 nitrogen and oxygen atoms in total. The molecule has 3 aromatic rings. The summed E-state index contributed by atoms with van der Waals surface area (Å²) in [5, 5.41) is 10.8. The molecule has 1 aromatic heterocycles. The first-order chi connectivity index (χ1) is 15.0. The van der Waals surface area contributed by atoms with Crippen LogP contribution in [0.1, 0.15) is 18.2 Å². The second-order valence-electron chi connectivity index (χ2n) is 7.02. The summed E-state index contributed by atoms with van der Waals surface area (Å²) in [6, 6.07) is 13.6. The molecule has 0 spiro atoms. The number of hydrogen-bond donors (Lipinski definition) is 2. The number of fused-ring (bicyclic) bond motifs is 1. The Kier molecular flexibility index (Phi) is 5.92. The Morgan fingerprint density at radius 3 is 2.77 bits per heavy atom. The van der Waals surface area contributed by atoms with Gasteiger partial charge in [-0.2, -0.15) is 5.10 Å². The van der Waals surface area contributed by atoms with Gasteiger partial charge in [-0.25, -0.2) is 4.68 Å². The Morgan fingerprint density at radius 1 is 1.23 bits per heavy atom. The molecule has 1 atom stereocenters. The summed E-state index contributed by atoms with van der Waals surface area (Å²) in [6.07, 6.45) is -0.0834. The number of anilines is 2. The molecule has 1 aliphatic rings. The Morgan fingerprint density at radius 2 is 2.03 bits per heavy atom. The van der Waals surface area contributed by atoms with Crippen molar-refractivity contribution in [2.45, 2.75) is 19.1 Å². The lowest BCUT2D eigenvalue weighted by Gasteiger charge is -2.12. The number of carbonyl (C=O) groups excluding carboxylic acids is 2. The predicted octanol–water partition coefficient (Wildman–Crippen LogP) is 3.88. The van der Waals surface area contributed by atoms with Crippen molar-refractivity contribution in [3.63, 3.8) is 0 Å². The number of benzene rings is 2. The summed E-state index contributed by atoms with van der Waals surface area (Å²) in [6.45, 7) is 0.248. The molecule has 2 heterocycles. The smallest absolute Gasteiger partial charge is 0.251 e. The first-order valence-electron chi connectivity index (χ1n) is 9.61. The van der Waals surface area contributed by atoms with E-state index in [9.17, 15) is 9.59 Å². The molecule has 1 unspecified atom stereocenters. The number of aromatic nitrogens is 2. The fourth-order valence-corrected chi connectivity index (χ4v) is 3.82. The van der Waals surface area contributed by atoms with Crippen LogP contribution in [-0.2, 0) is 20.9 Å². The average molecular weight is 441 g/mol. The van der Waals surface area contributed by atoms with Crippen LogP contribution in [0.25, 0.3) is 11.1 Å². The number of hydrogen-bond acceptors (Lipinski definition) is 5. The van der Waals surface area contributed by atoms with Crippen molar-refractivity contribution >= 4 is 34.9 Å². The quantitative estimate of drug-likeness (QED) is 0.581. The standard InChI is InChI=1S/C22H21ClN4O4/c1-30-12-16-20(13-6-5-7-14(23)10-13)21-25-22(29)17(27(21)26-16)11-19(28)24-15-8-3-4-9-18(15)31-2/h3-10,17H,11-12H2,1-2H3,(H,24,28)(H,25,29). The highest BCUT2D eigenvalue weighted by Gasteiger charge is 2.37. The zero-order chi connectivity index (χ0) is 22.0. The molecule has 0 saturated carbocycles. The molecule has 4 rings (SSSR count). The molecule has 9 heteroatoms. The summed E-state index contributed by atoms with van der Waals surface area (Å²) in [5.41, 5.74) is 2.72. The predicted molar refractivity (Wildman–Crippen MR) is 117 cm³/mol. The van der Waals surface area contributed by atoms with Crippen molar-refractivity contribution in [2.24, 2.45) is 0 Å². The van der Waals surface area contributed by atoms with E-state index >= 15 is 0 Å². The van der Waals surface area contributed by atoms with E-state index in [2.05, 4.69) is 15.7 Å². The number of ether oxygens (including phenoxy) is 2. The van der Waals surface area contributed by atoms with E-state index in [-0.39, 0.29) is 24.8 Å². The maximum atomic E-state index is 12.7. The minimum atomic E-state index is -0.784. The molecule has 31 heavy (non-hydrogen) atoms. The van der Waals surface area contributed by atoms with Crippen LogP contribution in [0.15, 0.2) is 48.5 Å². The number of methoxy groups -OCH3 is 2. The lowest BCUT2D eigenvalue weighted by atomic mass is 10.1. The largest absolute Gasteiger partial charge is 0.495 e. The van der Waals surface area contributed by atoms with Gasteiger partial charge in [-0.05, 0) is 29.8 Å². The molecule has 0 radical (unpaired) electrons. The van der Waals surface area contributed by atoms with Crippen LogP contribution in [0, 0.1) is 0 Å². The Labute approximate surface area is 184 Å². The van der Waals surface area contributed by atoms with E-state index < -0.39 is 6.04 Å². The minimum absolute atomic E-state index is 0.0834. The van der Waals surface area contributed by atoms with Gasteiger partial charge >= 0.3 is 0 Å². The van der Waals surface area contributed by atoms with Crippen molar-refractivity contribution in [1.29, 1.82) is 0 Å². The lowest BCUT2D eigenvalue weighted by Crippen LogP contribution is -2.24. The third-order valence-electron chi connectivity index (χ3n) is 4.98.